The molecule has 3 heteroatoms. The number of aromatic amines is 1. The van der Waals surface area contributed by atoms with E-state index in [9.17, 15) is 4.79 Å². The van der Waals surface area contributed by atoms with Crippen molar-refractivity contribution in [3.05, 3.63) is 22.5 Å². The second-order valence-electron chi connectivity index (χ2n) is 3.00. The van der Waals surface area contributed by atoms with Crippen LogP contribution >= 0.6 is 0 Å². The third-order valence-electron chi connectivity index (χ3n) is 2.20. The summed E-state index contributed by atoms with van der Waals surface area (Å²) in [4.78, 5) is 17.9. The summed E-state index contributed by atoms with van der Waals surface area (Å²) in [6, 6.07) is 0. The first-order valence-electron chi connectivity index (χ1n) is 4.00. The molecule has 0 unspecified atom stereocenters. The van der Waals surface area contributed by atoms with E-state index in [2.05, 4.69) is 9.98 Å². The van der Waals surface area contributed by atoms with Crippen molar-refractivity contribution in [2.45, 2.75) is 13.3 Å². The first kappa shape index (κ1) is 7.28. The summed E-state index contributed by atoms with van der Waals surface area (Å²) in [7, 11) is 0. The van der Waals surface area contributed by atoms with E-state index in [1.165, 1.54) is 5.57 Å². The van der Waals surface area contributed by atoms with Gasteiger partial charge in [0.05, 0.1) is 0 Å². The molecule has 1 aliphatic rings. The van der Waals surface area contributed by atoms with Gasteiger partial charge in [0.1, 0.15) is 5.49 Å². The lowest BCUT2D eigenvalue weighted by Crippen LogP contribution is -2.31. The first-order chi connectivity index (χ1) is 5.83. The predicted octanol–water partition coefficient (Wildman–Crippen LogP) is 0.0211. The maximum Gasteiger partial charge on any atom is 0.152 e. The molecule has 0 spiro atoms. The molecule has 0 saturated carbocycles. The number of nitrogens with zero attached hydrogens (tertiary/aromatic N) is 1. The smallest absolute Gasteiger partial charge is 0.152 e. The van der Waals surface area contributed by atoms with Gasteiger partial charge in [0.15, 0.2) is 6.29 Å². The minimum Gasteiger partial charge on any atom is -0.346 e. The Bertz CT molecular complexity index is 428. The lowest BCUT2D eigenvalue weighted by atomic mass is 10.1. The second-order valence-corrected chi connectivity index (χ2v) is 3.00. The molecular formula is C9H10N2O. The van der Waals surface area contributed by atoms with Gasteiger partial charge in [-0.1, -0.05) is 5.57 Å². The number of aromatic nitrogens is 1. The van der Waals surface area contributed by atoms with Crippen molar-refractivity contribution in [2.24, 2.45) is 4.99 Å². The Morgan fingerprint density at radius 3 is 3.25 bits per heavy atom. The molecule has 0 aromatic carbocycles. The van der Waals surface area contributed by atoms with Gasteiger partial charge in [0.2, 0.25) is 0 Å². The van der Waals surface area contributed by atoms with Crippen molar-refractivity contribution in [1.29, 1.82) is 0 Å². The molecule has 1 aromatic rings. The molecule has 1 N–H and O–H groups in total. The monoisotopic (exact) mass is 162 g/mol. The number of hydrogen-bond acceptors (Lipinski definition) is 2. The van der Waals surface area contributed by atoms with Gasteiger partial charge >= 0.3 is 0 Å². The van der Waals surface area contributed by atoms with Crippen LogP contribution in [0.5, 0.6) is 0 Å². The van der Waals surface area contributed by atoms with Gasteiger partial charge in [-0.25, -0.2) is 0 Å². The van der Waals surface area contributed by atoms with Crippen LogP contribution in [0.15, 0.2) is 11.2 Å². The molecule has 3 nitrogen and oxygen atoms in total. The van der Waals surface area contributed by atoms with Crippen molar-refractivity contribution >= 4 is 11.9 Å². The zero-order valence-corrected chi connectivity index (χ0v) is 6.92. The van der Waals surface area contributed by atoms with Crippen LogP contribution in [0.4, 0.5) is 0 Å². The molecule has 0 saturated heterocycles. The van der Waals surface area contributed by atoms with Gasteiger partial charge in [-0.2, -0.15) is 0 Å². The van der Waals surface area contributed by atoms with Crippen LogP contribution in [0.1, 0.15) is 23.7 Å². The Labute approximate surface area is 69.8 Å². The molecule has 12 heavy (non-hydrogen) atoms. The number of hydrogen-bond donors (Lipinski definition) is 1. The Balaban J connectivity index is 2.90. The zero-order valence-electron chi connectivity index (χ0n) is 6.92. The van der Waals surface area contributed by atoms with Crippen LogP contribution in [0, 0.1) is 0 Å². The highest BCUT2D eigenvalue weighted by molar-refractivity contribution is 5.76. The Morgan fingerprint density at radius 1 is 1.67 bits per heavy atom. The van der Waals surface area contributed by atoms with E-state index in [1.807, 2.05) is 6.92 Å². The summed E-state index contributed by atoms with van der Waals surface area (Å²) in [6.07, 6.45) is 3.56. The molecule has 62 valence electrons. The number of H-pyrrole nitrogens is 1. The van der Waals surface area contributed by atoms with Crippen LogP contribution in [-0.4, -0.2) is 17.8 Å². The van der Waals surface area contributed by atoms with Gasteiger partial charge < -0.3 is 4.98 Å². The highest BCUT2D eigenvalue weighted by Crippen LogP contribution is 2.01. The molecule has 1 aromatic heterocycles. The highest BCUT2D eigenvalue weighted by atomic mass is 16.1. The SMILES string of the molecule is CC1=c2c(C=O)c[nH]c2=NCC1. The summed E-state index contributed by atoms with van der Waals surface area (Å²) >= 11 is 0. The summed E-state index contributed by atoms with van der Waals surface area (Å²) in [5, 5.41) is 1.01. The molecule has 2 heterocycles. The quantitative estimate of drug-likeness (QED) is 0.581. The average molecular weight is 162 g/mol. The van der Waals surface area contributed by atoms with Crippen molar-refractivity contribution < 1.29 is 4.79 Å². The summed E-state index contributed by atoms with van der Waals surface area (Å²) in [6.45, 7) is 2.88. The molecule has 0 amide bonds. The fourth-order valence-corrected chi connectivity index (χ4v) is 1.55. The number of carbonyl (C=O) groups is 1. The molecule has 0 fully saturated rings. The fraction of sp³-hybridized carbons (Fsp3) is 0.333. The number of rotatable bonds is 1. The van der Waals surface area contributed by atoms with Crippen molar-refractivity contribution in [3.63, 3.8) is 0 Å². The van der Waals surface area contributed by atoms with Gasteiger partial charge in [0, 0.05) is 23.5 Å². The van der Waals surface area contributed by atoms with Gasteiger partial charge in [0.25, 0.3) is 0 Å². The summed E-state index contributed by atoms with van der Waals surface area (Å²) < 4.78 is 0. The van der Waals surface area contributed by atoms with Crippen LogP contribution in [0.3, 0.4) is 0 Å². The normalized spacial score (nSPS) is 15.2. The van der Waals surface area contributed by atoms with Gasteiger partial charge in [-0.05, 0) is 13.3 Å². The first-order valence-corrected chi connectivity index (χ1v) is 4.00. The van der Waals surface area contributed by atoms with Crippen molar-refractivity contribution in [2.75, 3.05) is 6.54 Å². The molecule has 0 radical (unpaired) electrons. The third-order valence-corrected chi connectivity index (χ3v) is 2.20. The van der Waals surface area contributed by atoms with E-state index >= 15 is 0 Å². The minimum absolute atomic E-state index is 0.728. The number of carbonyl (C=O) groups excluding carboxylic acids is 1. The lowest BCUT2D eigenvalue weighted by Gasteiger charge is -2.01. The topological polar surface area (TPSA) is 45.2 Å². The molecule has 2 rings (SSSR count). The van der Waals surface area contributed by atoms with E-state index in [1.54, 1.807) is 6.20 Å². The zero-order chi connectivity index (χ0) is 8.55. The predicted molar refractivity (Wildman–Crippen MR) is 45.5 cm³/mol. The number of aldehydes is 1. The standard InChI is InChI=1S/C9H10N2O/c1-6-2-3-10-9-8(6)7(5-12)4-11-9/h4-5H,2-3H2,1H3,(H,10,11). The van der Waals surface area contributed by atoms with E-state index in [4.69, 9.17) is 0 Å². The molecule has 1 aliphatic heterocycles. The largest absolute Gasteiger partial charge is 0.346 e. The Morgan fingerprint density at radius 2 is 2.50 bits per heavy atom. The van der Waals surface area contributed by atoms with Crippen molar-refractivity contribution in [1.82, 2.24) is 4.98 Å². The van der Waals surface area contributed by atoms with Gasteiger partial charge in [-0.15, -0.1) is 0 Å². The summed E-state index contributed by atoms with van der Waals surface area (Å²) in [5.74, 6) is 0. The lowest BCUT2D eigenvalue weighted by molar-refractivity contribution is 0.112. The number of nitrogens with one attached hydrogen (secondary N) is 1. The summed E-state index contributed by atoms with van der Waals surface area (Å²) in [5.41, 5.74) is 2.84. The van der Waals surface area contributed by atoms with Gasteiger partial charge in [-0.3, -0.25) is 9.79 Å². The van der Waals surface area contributed by atoms with Crippen LogP contribution in [0.25, 0.3) is 5.57 Å². The fourth-order valence-electron chi connectivity index (χ4n) is 1.55. The van der Waals surface area contributed by atoms with E-state index in [0.29, 0.717) is 0 Å². The van der Waals surface area contributed by atoms with E-state index in [-0.39, 0.29) is 0 Å². The molecule has 0 bridgehead atoms. The average Bonchev–Trinajstić information content (AvgIpc) is 2.49. The number of fused-ring (bicyclic) bond motifs is 1. The van der Waals surface area contributed by atoms with Crippen LogP contribution in [-0.2, 0) is 0 Å². The second kappa shape index (κ2) is 2.59. The van der Waals surface area contributed by atoms with E-state index in [0.717, 1.165) is 35.5 Å². The molecule has 0 atom stereocenters. The molecular weight excluding hydrogens is 152 g/mol. The Hall–Kier alpha value is -1.38. The Kier molecular flexibility index (Phi) is 1.57. The van der Waals surface area contributed by atoms with Crippen molar-refractivity contribution in [3.8, 4) is 0 Å². The highest BCUT2D eigenvalue weighted by Gasteiger charge is 2.06. The maximum atomic E-state index is 10.6. The van der Waals surface area contributed by atoms with Crippen LogP contribution < -0.4 is 10.7 Å². The van der Waals surface area contributed by atoms with E-state index < -0.39 is 0 Å². The maximum absolute atomic E-state index is 10.6. The minimum atomic E-state index is 0.728. The molecule has 0 aliphatic carbocycles. The van der Waals surface area contributed by atoms with Crippen LogP contribution in [0.2, 0.25) is 0 Å². The third kappa shape index (κ3) is 0.897.